The summed E-state index contributed by atoms with van der Waals surface area (Å²) in [5, 5.41) is 13.4. The number of aliphatic imine (C=N–C) groups is 1. The van der Waals surface area contributed by atoms with Crippen molar-refractivity contribution in [1.29, 1.82) is 0 Å². The molecule has 1 aliphatic carbocycles. The number of halogens is 3. The minimum absolute atomic E-state index is 0.114. The van der Waals surface area contributed by atoms with Gasteiger partial charge in [-0.15, -0.1) is 0 Å². The fourth-order valence-corrected chi connectivity index (χ4v) is 4.59. The van der Waals surface area contributed by atoms with E-state index in [0.717, 1.165) is 18.5 Å². The molecule has 0 spiro atoms. The van der Waals surface area contributed by atoms with E-state index >= 15 is 4.39 Å². The van der Waals surface area contributed by atoms with Gasteiger partial charge in [-0.1, -0.05) is 31.6 Å². The number of allylic oxidation sites excluding steroid dienone is 6. The molecule has 4 rings (SSSR count). The highest BCUT2D eigenvalue weighted by Crippen LogP contribution is 2.43. The summed E-state index contributed by atoms with van der Waals surface area (Å²) in [6, 6.07) is 3.56. The molecule has 240 valence electrons. The highest BCUT2D eigenvalue weighted by atomic mass is 19.3. The van der Waals surface area contributed by atoms with Gasteiger partial charge in [0.25, 0.3) is 6.43 Å². The molecule has 0 saturated heterocycles. The molecule has 3 heterocycles. The van der Waals surface area contributed by atoms with Crippen molar-refractivity contribution in [2.45, 2.75) is 83.7 Å². The van der Waals surface area contributed by atoms with Crippen LogP contribution in [-0.4, -0.2) is 72.8 Å². The summed E-state index contributed by atoms with van der Waals surface area (Å²) < 4.78 is 44.5. The number of aromatic nitrogens is 6. The lowest BCUT2D eigenvalue weighted by molar-refractivity contribution is 0.114. The molecule has 10 nitrogen and oxygen atoms in total. The molecule has 0 bridgehead atoms. The minimum Gasteiger partial charge on any atom is -0.358 e. The molecule has 0 radical (unpaired) electrons. The maximum atomic E-state index is 15.1. The van der Waals surface area contributed by atoms with Crippen molar-refractivity contribution < 1.29 is 13.2 Å². The molecule has 2 aromatic heterocycles. The van der Waals surface area contributed by atoms with E-state index in [1.165, 1.54) is 18.6 Å². The summed E-state index contributed by atoms with van der Waals surface area (Å²) in [7, 11) is 0. The quantitative estimate of drug-likeness (QED) is 0.216. The van der Waals surface area contributed by atoms with Gasteiger partial charge in [-0.2, -0.15) is 10.1 Å². The van der Waals surface area contributed by atoms with Gasteiger partial charge < -0.3 is 10.6 Å². The monoisotopic (exact) mass is 622 g/mol. The largest absolute Gasteiger partial charge is 0.358 e. The molecule has 0 amide bonds. The summed E-state index contributed by atoms with van der Waals surface area (Å²) in [5.74, 6) is 0.332. The molecule has 1 saturated carbocycles. The maximum absolute atomic E-state index is 15.1. The Kier molecular flexibility index (Phi) is 12.0. The van der Waals surface area contributed by atoms with E-state index in [2.05, 4.69) is 52.9 Å². The van der Waals surface area contributed by atoms with Crippen molar-refractivity contribution in [3.8, 4) is 0 Å². The van der Waals surface area contributed by atoms with Crippen molar-refractivity contribution in [1.82, 2.24) is 35.0 Å². The number of nitrogens with one attached hydrogen (secondary N) is 3. The summed E-state index contributed by atoms with van der Waals surface area (Å²) in [4.78, 5) is 22.0. The molecule has 3 atom stereocenters. The number of anilines is 2. The topological polar surface area (TPSA) is 118 Å². The molecular formula is C32H41F3N10. The van der Waals surface area contributed by atoms with E-state index < -0.39 is 24.3 Å². The first-order valence-corrected chi connectivity index (χ1v) is 15.1. The van der Waals surface area contributed by atoms with E-state index in [0.29, 0.717) is 36.3 Å². The third-order valence-electron chi connectivity index (χ3n) is 7.19. The van der Waals surface area contributed by atoms with Gasteiger partial charge in [0.2, 0.25) is 5.95 Å². The van der Waals surface area contributed by atoms with Crippen molar-refractivity contribution >= 4 is 29.3 Å². The number of aryl methyl sites for hydroxylation is 1. The fraction of sp³-hybridized carbons (Fsp3) is 0.438. The van der Waals surface area contributed by atoms with E-state index in [4.69, 9.17) is 0 Å². The van der Waals surface area contributed by atoms with Gasteiger partial charge in [0.05, 0.1) is 23.1 Å². The van der Waals surface area contributed by atoms with Crippen LogP contribution in [0.4, 0.5) is 24.9 Å². The highest BCUT2D eigenvalue weighted by molar-refractivity contribution is 6.09. The second-order valence-corrected chi connectivity index (χ2v) is 11.0. The molecule has 1 aliphatic heterocycles. The number of dihydropyridines is 1. The van der Waals surface area contributed by atoms with Crippen molar-refractivity contribution in [3.63, 3.8) is 0 Å². The molecule has 3 unspecified atom stereocenters. The van der Waals surface area contributed by atoms with Crippen LogP contribution < -0.4 is 16.0 Å². The normalized spacial score (nSPS) is 19.9. The van der Waals surface area contributed by atoms with Crippen LogP contribution in [0.3, 0.4) is 0 Å². The summed E-state index contributed by atoms with van der Waals surface area (Å²) in [5.41, 5.74) is 0.911. The van der Waals surface area contributed by atoms with E-state index in [9.17, 15) is 8.78 Å². The van der Waals surface area contributed by atoms with E-state index in [1.807, 2.05) is 44.2 Å². The van der Waals surface area contributed by atoms with Gasteiger partial charge in [0.15, 0.2) is 6.17 Å². The van der Waals surface area contributed by atoms with Crippen LogP contribution in [0.2, 0.25) is 0 Å². The smallest absolute Gasteiger partial charge is 0.261 e. The van der Waals surface area contributed by atoms with Crippen LogP contribution in [-0.2, 0) is 0 Å². The summed E-state index contributed by atoms with van der Waals surface area (Å²) >= 11 is 0. The van der Waals surface area contributed by atoms with E-state index in [-0.39, 0.29) is 17.8 Å². The average Bonchev–Trinajstić information content (AvgIpc) is 3.58. The summed E-state index contributed by atoms with van der Waals surface area (Å²) in [6.07, 6.45) is 14.8. The summed E-state index contributed by atoms with van der Waals surface area (Å²) in [6.45, 7) is 8.13. The standard InChI is InChI=1S/C32H41F3N10/c1-5-9-22(3)41-29-26(33)17-24(18-39-29)27-13-12-23(4)42-31(43-28(19-38-27)44-32(14-15-32)30(34)35)37-16-8-7-11-25(10-6-2)45-21-36-20-40-45/h6-8,10-13,17-22,26,29-30,41H,5,9,14-16H2,1-4H3,(H2,37,42,43,44)/b8-7+,10-6-,25-11+. The second-order valence-electron chi connectivity index (χ2n) is 11.0. The van der Waals surface area contributed by atoms with E-state index in [1.54, 1.807) is 36.3 Å². The third-order valence-corrected chi connectivity index (χ3v) is 7.19. The molecule has 1 fully saturated rings. The third kappa shape index (κ3) is 9.80. The first kappa shape index (κ1) is 33.5. The van der Waals surface area contributed by atoms with Gasteiger partial charge in [-0.05, 0) is 70.4 Å². The maximum Gasteiger partial charge on any atom is 0.261 e. The Bertz CT molecular complexity index is 1480. The molecule has 0 aromatic carbocycles. The van der Waals surface area contributed by atoms with Crippen LogP contribution >= 0.6 is 0 Å². The Morgan fingerprint density at radius 2 is 2.04 bits per heavy atom. The molecule has 13 heteroatoms. The number of hydrogen-bond donors (Lipinski definition) is 3. The zero-order valence-corrected chi connectivity index (χ0v) is 26.0. The van der Waals surface area contributed by atoms with Crippen LogP contribution in [0.5, 0.6) is 0 Å². The molecular weight excluding hydrogens is 581 g/mol. The second kappa shape index (κ2) is 16.1. The first-order chi connectivity index (χ1) is 21.7. The number of hydrogen-bond acceptors (Lipinski definition) is 9. The molecule has 3 N–H and O–H groups in total. The zero-order valence-electron chi connectivity index (χ0n) is 26.0. The van der Waals surface area contributed by atoms with Crippen LogP contribution in [0.25, 0.3) is 11.3 Å². The van der Waals surface area contributed by atoms with Crippen molar-refractivity contribution in [2.75, 3.05) is 17.2 Å². The Hall–Kier alpha value is -4.39. The SMILES string of the molecule is C\C=C/C(=C\C=C\CNc1nc(C)ccc(C2=CC(F)C(NC(C)CCC)N=C2)ncc(NC2(C(F)F)CC2)n1)n1cncn1. The lowest BCUT2D eigenvalue weighted by atomic mass is 10.1. The zero-order chi connectivity index (χ0) is 32.2. The number of nitrogens with zero attached hydrogens (tertiary/aromatic N) is 7. The predicted molar refractivity (Wildman–Crippen MR) is 173 cm³/mol. The fourth-order valence-electron chi connectivity index (χ4n) is 4.59. The Morgan fingerprint density at radius 1 is 1.22 bits per heavy atom. The number of rotatable bonds is 14. The Balaban J connectivity index is 1.59. The van der Waals surface area contributed by atoms with Gasteiger partial charge in [0.1, 0.15) is 24.6 Å². The van der Waals surface area contributed by atoms with Gasteiger partial charge >= 0.3 is 0 Å². The van der Waals surface area contributed by atoms with Gasteiger partial charge in [-0.3, -0.25) is 15.3 Å². The number of alkyl halides is 3. The average molecular weight is 623 g/mol. The highest BCUT2D eigenvalue weighted by Gasteiger charge is 2.51. The van der Waals surface area contributed by atoms with Gasteiger partial charge in [0, 0.05) is 30.1 Å². The first-order valence-electron chi connectivity index (χ1n) is 15.1. The predicted octanol–water partition coefficient (Wildman–Crippen LogP) is 6.10. The lowest BCUT2D eigenvalue weighted by Gasteiger charge is -2.24. The van der Waals surface area contributed by atoms with Gasteiger partial charge in [-0.25, -0.2) is 27.8 Å². The molecule has 2 aromatic rings. The van der Waals surface area contributed by atoms with Crippen LogP contribution in [0.15, 0.2) is 72.4 Å². The lowest BCUT2D eigenvalue weighted by Crippen LogP contribution is -2.42. The Morgan fingerprint density at radius 3 is 2.71 bits per heavy atom. The van der Waals surface area contributed by atoms with Crippen molar-refractivity contribution in [3.05, 3.63) is 78.8 Å². The Labute approximate surface area is 262 Å². The van der Waals surface area contributed by atoms with Crippen LogP contribution in [0.1, 0.15) is 57.8 Å². The molecule has 45 heavy (non-hydrogen) atoms. The van der Waals surface area contributed by atoms with Crippen molar-refractivity contribution in [2.24, 2.45) is 4.99 Å². The molecule has 2 aliphatic rings. The minimum atomic E-state index is -2.58. The van der Waals surface area contributed by atoms with Crippen LogP contribution in [0, 0.1) is 6.92 Å².